The Hall–Kier alpha value is -2.75. The molecular formula is C23H24N6OS2. The Bertz CT molecular complexity index is 1190. The summed E-state index contributed by atoms with van der Waals surface area (Å²) < 4.78 is 2.29. The fourth-order valence-electron chi connectivity index (χ4n) is 4.11. The molecule has 5 rings (SSSR count). The van der Waals surface area contributed by atoms with E-state index in [4.69, 9.17) is 17.3 Å². The van der Waals surface area contributed by atoms with Crippen LogP contribution in [0.5, 0.6) is 0 Å². The third kappa shape index (κ3) is 4.28. The molecule has 0 saturated carbocycles. The zero-order chi connectivity index (χ0) is 22.1. The van der Waals surface area contributed by atoms with Gasteiger partial charge in [0.15, 0.2) is 5.65 Å². The summed E-state index contributed by atoms with van der Waals surface area (Å²) in [5.74, 6) is -0.182. The van der Waals surface area contributed by atoms with E-state index < -0.39 is 0 Å². The summed E-state index contributed by atoms with van der Waals surface area (Å²) in [5.41, 5.74) is 4.66. The summed E-state index contributed by atoms with van der Waals surface area (Å²) in [7, 11) is 0. The number of nitrogens with one attached hydrogen (secondary N) is 1. The van der Waals surface area contributed by atoms with Gasteiger partial charge in [0.25, 0.3) is 5.91 Å². The number of rotatable bonds is 5. The number of anilines is 1. The number of thioether (sulfide) groups is 1. The lowest BCUT2D eigenvalue weighted by Gasteiger charge is -2.36. The van der Waals surface area contributed by atoms with Gasteiger partial charge >= 0.3 is 0 Å². The Kier molecular flexibility index (Phi) is 5.95. The van der Waals surface area contributed by atoms with Gasteiger partial charge in [0.1, 0.15) is 4.32 Å². The second-order valence-electron chi connectivity index (χ2n) is 7.90. The Morgan fingerprint density at radius 2 is 1.91 bits per heavy atom. The maximum Gasteiger partial charge on any atom is 0.263 e. The van der Waals surface area contributed by atoms with Crippen molar-refractivity contribution in [3.05, 3.63) is 53.2 Å². The second-order valence-corrected chi connectivity index (χ2v) is 9.62. The molecule has 164 valence electrons. The molecule has 2 fully saturated rings. The standard InChI is InChI=1S/C23H24N6OS2/c1-2-9-27-10-12-28(13-11-27)18-6-3-16(4-7-18)19-15-24-21-8-5-17(26-29(19)21)14-20-22(30)25-23(31)32-20/h3-8,14-15H,2,9-13H2,1H3,(H,25,30,31)/b20-14-. The molecule has 0 bridgehead atoms. The van der Waals surface area contributed by atoms with Crippen molar-refractivity contribution in [3.63, 3.8) is 0 Å². The highest BCUT2D eigenvalue weighted by atomic mass is 32.2. The van der Waals surface area contributed by atoms with Crippen LogP contribution in [0.3, 0.4) is 0 Å². The quantitative estimate of drug-likeness (QED) is 0.458. The van der Waals surface area contributed by atoms with Gasteiger partial charge < -0.3 is 10.2 Å². The van der Waals surface area contributed by atoms with Crippen LogP contribution in [0, 0.1) is 0 Å². The second kappa shape index (κ2) is 9.01. The summed E-state index contributed by atoms with van der Waals surface area (Å²) in [5, 5.41) is 7.33. The molecule has 3 aromatic rings. The van der Waals surface area contributed by atoms with E-state index in [0.717, 1.165) is 43.1 Å². The topological polar surface area (TPSA) is 65.8 Å². The zero-order valence-electron chi connectivity index (χ0n) is 17.8. The lowest BCUT2D eigenvalue weighted by Crippen LogP contribution is -2.46. The van der Waals surface area contributed by atoms with Gasteiger partial charge in [-0.3, -0.25) is 9.69 Å². The van der Waals surface area contributed by atoms with Crippen molar-refractivity contribution >= 4 is 51.6 Å². The summed E-state index contributed by atoms with van der Waals surface area (Å²) in [6.45, 7) is 7.77. The normalized spacial score (nSPS) is 18.7. The number of thiocarbonyl (C=S) groups is 1. The van der Waals surface area contributed by atoms with Crippen LogP contribution in [-0.4, -0.2) is 62.4 Å². The number of benzene rings is 1. The maximum atomic E-state index is 12.0. The van der Waals surface area contributed by atoms with Crippen LogP contribution in [0.1, 0.15) is 19.0 Å². The minimum Gasteiger partial charge on any atom is -0.369 e. The number of carbonyl (C=O) groups is 1. The number of amides is 1. The number of hydrogen-bond acceptors (Lipinski definition) is 7. The van der Waals surface area contributed by atoms with Crippen molar-refractivity contribution < 1.29 is 4.79 Å². The molecule has 9 heteroatoms. The molecular weight excluding hydrogens is 440 g/mol. The van der Waals surface area contributed by atoms with Crippen LogP contribution >= 0.6 is 24.0 Å². The Balaban J connectivity index is 1.37. The Morgan fingerprint density at radius 3 is 2.59 bits per heavy atom. The molecule has 1 amide bonds. The van der Waals surface area contributed by atoms with Crippen molar-refractivity contribution in [2.75, 3.05) is 37.6 Å². The molecule has 2 saturated heterocycles. The fraction of sp³-hybridized carbons (Fsp3) is 0.304. The third-order valence-electron chi connectivity index (χ3n) is 5.74. The fourth-order valence-corrected chi connectivity index (χ4v) is 5.13. The molecule has 2 aliphatic rings. The van der Waals surface area contributed by atoms with Crippen LogP contribution in [-0.2, 0) is 4.79 Å². The van der Waals surface area contributed by atoms with E-state index in [9.17, 15) is 4.79 Å². The van der Waals surface area contributed by atoms with Crippen molar-refractivity contribution in [2.45, 2.75) is 13.3 Å². The minimum absolute atomic E-state index is 0.182. The van der Waals surface area contributed by atoms with Gasteiger partial charge in [0.2, 0.25) is 0 Å². The van der Waals surface area contributed by atoms with Crippen LogP contribution in [0.2, 0.25) is 0 Å². The van der Waals surface area contributed by atoms with E-state index >= 15 is 0 Å². The van der Waals surface area contributed by atoms with Gasteiger partial charge in [-0.1, -0.05) is 43.0 Å². The van der Waals surface area contributed by atoms with Gasteiger partial charge in [-0.15, -0.1) is 0 Å². The monoisotopic (exact) mass is 464 g/mol. The van der Waals surface area contributed by atoms with Crippen LogP contribution < -0.4 is 10.2 Å². The molecule has 0 unspecified atom stereocenters. The average molecular weight is 465 g/mol. The number of aromatic nitrogens is 3. The largest absolute Gasteiger partial charge is 0.369 e. The van der Waals surface area contributed by atoms with E-state index in [1.165, 1.54) is 30.4 Å². The molecule has 0 atom stereocenters. The summed E-state index contributed by atoms with van der Waals surface area (Å²) in [6.07, 6.45) is 4.80. The van der Waals surface area contributed by atoms with Gasteiger partial charge in [-0.05, 0) is 43.3 Å². The zero-order valence-corrected chi connectivity index (χ0v) is 19.5. The van der Waals surface area contributed by atoms with E-state index in [1.54, 1.807) is 6.08 Å². The van der Waals surface area contributed by atoms with E-state index in [0.29, 0.717) is 14.9 Å². The molecule has 7 nitrogen and oxygen atoms in total. The molecule has 0 spiro atoms. The molecule has 0 aliphatic carbocycles. The van der Waals surface area contributed by atoms with E-state index in [2.05, 4.69) is 51.3 Å². The number of fused-ring (bicyclic) bond motifs is 1. The first-order valence-electron chi connectivity index (χ1n) is 10.8. The van der Waals surface area contributed by atoms with Gasteiger partial charge in [0.05, 0.1) is 22.5 Å². The number of imidazole rings is 1. The third-order valence-corrected chi connectivity index (χ3v) is 6.91. The van der Waals surface area contributed by atoms with Crippen LogP contribution in [0.25, 0.3) is 23.0 Å². The number of nitrogens with zero attached hydrogens (tertiary/aromatic N) is 5. The first kappa shape index (κ1) is 21.1. The predicted octanol–water partition coefficient (Wildman–Crippen LogP) is 3.42. The van der Waals surface area contributed by atoms with Crippen molar-refractivity contribution in [1.82, 2.24) is 24.8 Å². The molecule has 2 aromatic heterocycles. The molecule has 1 aromatic carbocycles. The first-order valence-corrected chi connectivity index (χ1v) is 12.0. The number of piperazine rings is 1. The Morgan fingerprint density at radius 1 is 1.12 bits per heavy atom. The van der Waals surface area contributed by atoms with Gasteiger partial charge in [-0.25, -0.2) is 9.50 Å². The van der Waals surface area contributed by atoms with Crippen LogP contribution in [0.15, 0.2) is 47.5 Å². The van der Waals surface area contributed by atoms with Crippen molar-refractivity contribution in [3.8, 4) is 11.3 Å². The predicted molar refractivity (Wildman–Crippen MR) is 134 cm³/mol. The van der Waals surface area contributed by atoms with Crippen molar-refractivity contribution in [2.24, 2.45) is 0 Å². The lowest BCUT2D eigenvalue weighted by molar-refractivity contribution is -0.115. The molecule has 1 N–H and O–H groups in total. The molecule has 4 heterocycles. The number of carbonyl (C=O) groups excluding carboxylic acids is 1. The highest BCUT2D eigenvalue weighted by Crippen LogP contribution is 2.27. The average Bonchev–Trinajstić information content (AvgIpc) is 3.36. The minimum atomic E-state index is -0.182. The highest BCUT2D eigenvalue weighted by Gasteiger charge is 2.22. The molecule has 2 aliphatic heterocycles. The summed E-state index contributed by atoms with van der Waals surface area (Å²) in [4.78, 5) is 22.0. The maximum absolute atomic E-state index is 12.0. The van der Waals surface area contributed by atoms with Gasteiger partial charge in [0, 0.05) is 37.4 Å². The summed E-state index contributed by atoms with van der Waals surface area (Å²) >= 11 is 6.31. The van der Waals surface area contributed by atoms with E-state index in [-0.39, 0.29) is 5.91 Å². The number of hydrogen-bond donors (Lipinski definition) is 1. The Labute approximate surface area is 196 Å². The molecule has 32 heavy (non-hydrogen) atoms. The van der Waals surface area contributed by atoms with E-state index in [1.807, 2.05) is 22.8 Å². The highest BCUT2D eigenvalue weighted by molar-refractivity contribution is 8.26. The SMILES string of the molecule is CCCN1CCN(c2ccc(-c3cnc4ccc(/C=C5\SC(=S)NC5=O)nn34)cc2)CC1. The van der Waals surface area contributed by atoms with Gasteiger partial charge in [-0.2, -0.15) is 5.10 Å². The van der Waals surface area contributed by atoms with Crippen LogP contribution in [0.4, 0.5) is 5.69 Å². The lowest BCUT2D eigenvalue weighted by atomic mass is 10.1. The smallest absolute Gasteiger partial charge is 0.263 e. The van der Waals surface area contributed by atoms with Crippen molar-refractivity contribution in [1.29, 1.82) is 0 Å². The molecule has 0 radical (unpaired) electrons. The summed E-state index contributed by atoms with van der Waals surface area (Å²) in [6, 6.07) is 12.4. The first-order chi connectivity index (χ1) is 15.6.